The van der Waals surface area contributed by atoms with E-state index in [0.717, 1.165) is 0 Å². The first kappa shape index (κ1) is 8.53. The van der Waals surface area contributed by atoms with Gasteiger partial charge in [0.05, 0.1) is 0 Å². The first-order valence-electron chi connectivity index (χ1n) is 4.41. The van der Waals surface area contributed by atoms with Gasteiger partial charge in [0, 0.05) is 16.1 Å². The quantitative estimate of drug-likeness (QED) is 0.492. The molecule has 1 saturated heterocycles. The van der Waals surface area contributed by atoms with Crippen LogP contribution in [0.5, 0.6) is 0 Å². The Morgan fingerprint density at radius 3 is 1.40 bits per heavy atom. The fourth-order valence-corrected chi connectivity index (χ4v) is 16.9. The van der Waals surface area contributed by atoms with Gasteiger partial charge in [0.25, 0.3) is 0 Å². The second-order valence-electron chi connectivity index (χ2n) is 5.36. The van der Waals surface area contributed by atoms with E-state index in [1.807, 2.05) is 0 Å². The van der Waals surface area contributed by atoms with Crippen molar-refractivity contribution < 1.29 is 0 Å². The largest absolute Gasteiger partial charge is 0.0696 e. The lowest BCUT2D eigenvalue weighted by Gasteiger charge is -2.37. The first-order chi connectivity index (χ1) is 4.41. The van der Waals surface area contributed by atoms with Crippen LogP contribution in [0.15, 0.2) is 0 Å². The fourth-order valence-electron chi connectivity index (χ4n) is 2.52. The lowest BCUT2D eigenvalue weighted by Crippen LogP contribution is -2.43. The third-order valence-electron chi connectivity index (χ3n) is 2.66. The molecule has 0 aliphatic carbocycles. The Bertz CT molecular complexity index is 113. The van der Waals surface area contributed by atoms with Crippen LogP contribution >= 0.6 is 0 Å². The van der Waals surface area contributed by atoms with Gasteiger partial charge in [0.2, 0.25) is 0 Å². The van der Waals surface area contributed by atoms with E-state index in [1.165, 1.54) is 0 Å². The van der Waals surface area contributed by atoms with Crippen LogP contribution in [0, 0.1) is 0 Å². The Morgan fingerprint density at radius 2 is 1.20 bits per heavy atom. The lowest BCUT2D eigenvalue weighted by molar-refractivity contribution is 0.977. The van der Waals surface area contributed by atoms with Crippen LogP contribution in [-0.4, -0.2) is 16.1 Å². The van der Waals surface area contributed by atoms with Gasteiger partial charge < -0.3 is 0 Å². The van der Waals surface area contributed by atoms with Crippen molar-refractivity contribution in [1.82, 2.24) is 0 Å². The van der Waals surface area contributed by atoms with E-state index in [0.29, 0.717) is 0 Å². The summed E-state index contributed by atoms with van der Waals surface area (Å²) in [7, 11) is -1.33. The maximum absolute atomic E-state index is 2.57. The molecule has 10 heavy (non-hydrogen) atoms. The minimum Gasteiger partial charge on any atom is -0.0696 e. The molecule has 1 aliphatic heterocycles. The molecule has 0 aromatic heterocycles. The molecule has 0 N–H and O–H groups in total. The van der Waals surface area contributed by atoms with Crippen molar-refractivity contribution in [3.05, 3.63) is 0 Å². The van der Waals surface area contributed by atoms with Gasteiger partial charge in [-0.05, 0) is 0 Å². The van der Waals surface area contributed by atoms with Crippen molar-refractivity contribution in [2.45, 2.75) is 50.4 Å². The molecule has 0 atom stereocenters. The molecule has 1 rings (SSSR count). The first-order valence-corrected chi connectivity index (χ1v) is 11.2. The average Bonchev–Trinajstić information content (AvgIpc) is 1.56. The summed E-state index contributed by atoms with van der Waals surface area (Å²) in [6.07, 6.45) is 1.55. The van der Waals surface area contributed by atoms with Crippen LogP contribution in [0.1, 0.15) is 6.42 Å². The molecular formula is C8H20Si2. The topological polar surface area (TPSA) is 0 Å². The highest BCUT2D eigenvalue weighted by Crippen LogP contribution is 2.34. The minimum atomic E-state index is -0.664. The van der Waals surface area contributed by atoms with Gasteiger partial charge in [0.1, 0.15) is 0 Å². The lowest BCUT2D eigenvalue weighted by atomic mass is 10.6. The van der Waals surface area contributed by atoms with E-state index in [1.54, 1.807) is 24.2 Å². The predicted molar refractivity (Wildman–Crippen MR) is 54.0 cm³/mol. The molecule has 60 valence electrons. The molecule has 1 heterocycles. The van der Waals surface area contributed by atoms with E-state index in [-0.39, 0.29) is 0 Å². The van der Waals surface area contributed by atoms with Crippen LogP contribution in [0.3, 0.4) is 0 Å². The zero-order valence-electron chi connectivity index (χ0n) is 7.83. The van der Waals surface area contributed by atoms with Crippen LogP contribution in [0.25, 0.3) is 0 Å². The summed E-state index contributed by atoms with van der Waals surface area (Å²) in [5, 5.41) is 0. The van der Waals surface area contributed by atoms with E-state index >= 15 is 0 Å². The summed E-state index contributed by atoms with van der Waals surface area (Å²) in [5.41, 5.74) is 1.68. The molecule has 0 aromatic carbocycles. The van der Waals surface area contributed by atoms with Crippen molar-refractivity contribution in [2.75, 3.05) is 0 Å². The van der Waals surface area contributed by atoms with Crippen LogP contribution in [0.2, 0.25) is 43.9 Å². The zero-order valence-corrected chi connectivity index (χ0v) is 9.83. The van der Waals surface area contributed by atoms with Crippen molar-refractivity contribution in [3.8, 4) is 0 Å². The highest BCUT2D eigenvalue weighted by atomic mass is 28.4. The zero-order chi connectivity index (χ0) is 7.83. The normalized spacial score (nSPS) is 30.0. The Labute approximate surface area is 67.0 Å². The molecule has 1 aliphatic rings. The molecule has 0 amide bonds. The van der Waals surface area contributed by atoms with E-state index in [2.05, 4.69) is 26.2 Å². The van der Waals surface area contributed by atoms with Crippen LogP contribution < -0.4 is 0 Å². The Balaban J connectivity index is 2.56. The summed E-state index contributed by atoms with van der Waals surface area (Å²) >= 11 is 0. The highest BCUT2D eigenvalue weighted by molar-refractivity contribution is 6.96. The maximum atomic E-state index is 2.57. The van der Waals surface area contributed by atoms with Gasteiger partial charge in [-0.2, -0.15) is 0 Å². The number of rotatable bonds is 0. The van der Waals surface area contributed by atoms with Gasteiger partial charge >= 0.3 is 0 Å². The molecule has 0 saturated carbocycles. The minimum absolute atomic E-state index is 0.664. The molecule has 0 bridgehead atoms. The van der Waals surface area contributed by atoms with E-state index < -0.39 is 16.1 Å². The van der Waals surface area contributed by atoms with Gasteiger partial charge in [-0.15, -0.1) is 0 Å². The van der Waals surface area contributed by atoms with Crippen LogP contribution in [0.4, 0.5) is 0 Å². The monoisotopic (exact) mass is 172 g/mol. The van der Waals surface area contributed by atoms with Crippen molar-refractivity contribution in [2.24, 2.45) is 0 Å². The van der Waals surface area contributed by atoms with Crippen LogP contribution in [-0.2, 0) is 0 Å². The number of hydrogen-bond donors (Lipinski definition) is 0. The molecule has 1 fully saturated rings. The molecule has 0 nitrogen and oxygen atoms in total. The molecule has 0 spiro atoms. The summed E-state index contributed by atoms with van der Waals surface area (Å²) in [6.45, 7) is 10.3. The van der Waals surface area contributed by atoms with Gasteiger partial charge in [-0.25, -0.2) is 0 Å². The van der Waals surface area contributed by atoms with Crippen molar-refractivity contribution in [1.29, 1.82) is 0 Å². The Hall–Kier alpha value is 0.434. The van der Waals surface area contributed by atoms with Gasteiger partial charge in [0.15, 0.2) is 0 Å². The average molecular weight is 172 g/mol. The highest BCUT2D eigenvalue weighted by Gasteiger charge is 2.35. The van der Waals surface area contributed by atoms with Gasteiger partial charge in [-0.3, -0.25) is 0 Å². The third-order valence-corrected chi connectivity index (χ3v) is 13.7. The second-order valence-corrected chi connectivity index (χ2v) is 16.4. The van der Waals surface area contributed by atoms with Gasteiger partial charge in [-0.1, -0.05) is 50.4 Å². The summed E-state index contributed by atoms with van der Waals surface area (Å²) in [4.78, 5) is 0. The summed E-state index contributed by atoms with van der Waals surface area (Å²) in [6, 6.07) is 3.20. The smallest absolute Gasteiger partial charge is 0.0447 e. The molecule has 0 unspecified atom stereocenters. The maximum Gasteiger partial charge on any atom is 0.0447 e. The van der Waals surface area contributed by atoms with Crippen molar-refractivity contribution in [3.63, 3.8) is 0 Å². The third kappa shape index (κ3) is 2.24. The predicted octanol–water partition coefficient (Wildman–Crippen LogP) is 3.35. The summed E-state index contributed by atoms with van der Waals surface area (Å²) < 4.78 is 0. The standard InChI is InChI=1S/C8H20Si2/c1-9(2)6-5-7-10(3,4)8-9/h5-8H2,1-4H3. The summed E-state index contributed by atoms with van der Waals surface area (Å²) in [5.74, 6) is 0. The Morgan fingerprint density at radius 1 is 0.800 bits per heavy atom. The molecule has 0 aromatic rings. The van der Waals surface area contributed by atoms with E-state index in [9.17, 15) is 0 Å². The Kier molecular flexibility index (Phi) is 2.12. The SMILES string of the molecule is C[Si]1(C)CCC[Si](C)(C)C1. The molecule has 0 radical (unpaired) electrons. The molecule has 2 heteroatoms. The van der Waals surface area contributed by atoms with E-state index in [4.69, 9.17) is 0 Å². The molecular weight excluding hydrogens is 152 g/mol. The second kappa shape index (κ2) is 2.48. The number of hydrogen-bond acceptors (Lipinski definition) is 0. The van der Waals surface area contributed by atoms with Crippen molar-refractivity contribution >= 4 is 16.1 Å². The fraction of sp³-hybridized carbons (Fsp3) is 1.00.